The molecule has 7 nitrogen and oxygen atoms in total. The van der Waals surface area contributed by atoms with Gasteiger partial charge in [-0.2, -0.15) is 0 Å². The molecule has 3 N–H and O–H groups in total. The van der Waals surface area contributed by atoms with Crippen LogP contribution in [0.25, 0.3) is 0 Å². The molecule has 35 heavy (non-hydrogen) atoms. The maximum absolute atomic E-state index is 13.1. The Bertz CT molecular complexity index is 1310. The second kappa shape index (κ2) is 11.2. The van der Waals surface area contributed by atoms with Crippen molar-refractivity contribution >= 4 is 62.0 Å². The molecule has 0 radical (unpaired) electrons. The molecule has 1 heterocycles. The summed E-state index contributed by atoms with van der Waals surface area (Å²) in [6, 6.07) is 17.6. The second-order valence-electron chi connectivity index (χ2n) is 8.26. The highest BCUT2D eigenvalue weighted by Crippen LogP contribution is 2.32. The van der Waals surface area contributed by atoms with Crippen LogP contribution >= 0.6 is 23.2 Å². The van der Waals surface area contributed by atoms with Crippen molar-refractivity contribution in [3.05, 3.63) is 76.8 Å². The van der Waals surface area contributed by atoms with Crippen molar-refractivity contribution in [2.24, 2.45) is 0 Å². The number of amides is 2. The van der Waals surface area contributed by atoms with Crippen LogP contribution in [0.2, 0.25) is 10.0 Å². The van der Waals surface area contributed by atoms with Gasteiger partial charge in [-0.1, -0.05) is 54.2 Å². The Kier molecular flexibility index (Phi) is 8.05. The summed E-state index contributed by atoms with van der Waals surface area (Å²) in [5.74, 6) is 0. The number of hydrogen-bond donors (Lipinski definition) is 3. The number of rotatable bonds is 6. The Balaban J connectivity index is 1.64. The van der Waals surface area contributed by atoms with E-state index in [9.17, 15) is 13.2 Å². The van der Waals surface area contributed by atoms with Gasteiger partial charge < -0.3 is 15.5 Å². The molecule has 3 aromatic carbocycles. The van der Waals surface area contributed by atoms with Gasteiger partial charge in [-0.25, -0.2) is 13.2 Å². The van der Waals surface area contributed by atoms with Gasteiger partial charge in [0, 0.05) is 23.8 Å². The van der Waals surface area contributed by atoms with Crippen LogP contribution in [0.15, 0.2) is 71.6 Å². The zero-order valence-corrected chi connectivity index (χ0v) is 21.3. The van der Waals surface area contributed by atoms with E-state index in [-0.39, 0.29) is 15.6 Å². The number of carbonyl (C=O) groups is 1. The minimum Gasteiger partial charge on any atom is -0.370 e. The lowest BCUT2D eigenvalue weighted by atomic mass is 10.2. The van der Waals surface area contributed by atoms with Gasteiger partial charge in [0.25, 0.3) is 10.0 Å². The first-order valence-electron chi connectivity index (χ1n) is 11.3. The summed E-state index contributed by atoms with van der Waals surface area (Å²) in [4.78, 5) is 15.0. The molecule has 1 saturated heterocycles. The number of benzene rings is 3. The van der Waals surface area contributed by atoms with Crippen molar-refractivity contribution in [1.82, 2.24) is 0 Å². The van der Waals surface area contributed by atoms with Gasteiger partial charge in [-0.3, -0.25) is 4.72 Å². The average Bonchev–Trinajstić information content (AvgIpc) is 3.10. The summed E-state index contributed by atoms with van der Waals surface area (Å²) in [5, 5.41) is 6.36. The predicted octanol–water partition coefficient (Wildman–Crippen LogP) is 6.82. The number of hydrogen-bond acceptors (Lipinski definition) is 4. The quantitative estimate of drug-likeness (QED) is 0.324. The largest absolute Gasteiger partial charge is 0.370 e. The third-order valence-corrected chi connectivity index (χ3v) is 7.60. The van der Waals surface area contributed by atoms with Crippen molar-refractivity contribution < 1.29 is 13.2 Å². The first kappa shape index (κ1) is 25.2. The monoisotopic (exact) mass is 532 g/mol. The Morgan fingerprint density at radius 2 is 1.54 bits per heavy atom. The van der Waals surface area contributed by atoms with E-state index in [1.54, 1.807) is 60.7 Å². The first-order chi connectivity index (χ1) is 16.8. The van der Waals surface area contributed by atoms with Gasteiger partial charge >= 0.3 is 6.03 Å². The first-order valence-corrected chi connectivity index (χ1v) is 13.6. The van der Waals surface area contributed by atoms with Crippen molar-refractivity contribution in [3.63, 3.8) is 0 Å². The number of nitrogens with zero attached hydrogens (tertiary/aromatic N) is 1. The lowest BCUT2D eigenvalue weighted by molar-refractivity contribution is 0.262. The van der Waals surface area contributed by atoms with Crippen molar-refractivity contribution in [2.75, 3.05) is 33.3 Å². The van der Waals surface area contributed by atoms with E-state index in [1.165, 1.54) is 6.07 Å². The van der Waals surface area contributed by atoms with E-state index < -0.39 is 16.1 Å². The molecular weight excluding hydrogens is 507 g/mol. The number of anilines is 4. The highest BCUT2D eigenvalue weighted by atomic mass is 35.5. The Hall–Kier alpha value is -2.94. The molecule has 1 fully saturated rings. The molecule has 184 valence electrons. The fourth-order valence-electron chi connectivity index (χ4n) is 3.97. The van der Waals surface area contributed by atoms with Crippen molar-refractivity contribution in [3.8, 4) is 0 Å². The molecule has 0 bridgehead atoms. The number of para-hydroxylation sites is 1. The van der Waals surface area contributed by atoms with Crippen LogP contribution in [0.1, 0.15) is 25.7 Å². The van der Waals surface area contributed by atoms with Gasteiger partial charge in [0.2, 0.25) is 0 Å². The summed E-state index contributed by atoms with van der Waals surface area (Å²) in [6.07, 6.45) is 4.34. The van der Waals surface area contributed by atoms with Crippen LogP contribution in [0.4, 0.5) is 27.5 Å². The summed E-state index contributed by atoms with van der Waals surface area (Å²) in [5.41, 5.74) is 1.97. The van der Waals surface area contributed by atoms with Gasteiger partial charge in [-0.05, 0) is 61.4 Å². The van der Waals surface area contributed by atoms with E-state index >= 15 is 0 Å². The lowest BCUT2D eigenvalue weighted by Gasteiger charge is -2.26. The molecule has 0 saturated carbocycles. The van der Waals surface area contributed by atoms with Crippen LogP contribution in [0.5, 0.6) is 0 Å². The van der Waals surface area contributed by atoms with E-state index in [0.717, 1.165) is 44.5 Å². The zero-order chi connectivity index (χ0) is 24.8. The second-order valence-corrected chi connectivity index (χ2v) is 10.8. The summed E-state index contributed by atoms with van der Waals surface area (Å²) < 4.78 is 28.8. The van der Waals surface area contributed by atoms with Gasteiger partial charge in [0.15, 0.2) is 0 Å². The van der Waals surface area contributed by atoms with E-state index in [0.29, 0.717) is 16.4 Å². The van der Waals surface area contributed by atoms with E-state index in [4.69, 9.17) is 23.2 Å². The molecule has 3 aromatic rings. The summed E-state index contributed by atoms with van der Waals surface area (Å²) in [7, 11) is -3.96. The summed E-state index contributed by atoms with van der Waals surface area (Å²) >= 11 is 12.2. The standard InChI is InChI=1S/C25H26Cl2N4O3S/c26-18-8-7-9-19(16-18)28-25(32)29-23-17-20(12-13-24(23)31-14-5-1-2-6-15-31)35(33,34)30-22-11-4-3-10-21(22)27/h3-4,7-13,16-17,30H,1-2,5-6,14-15H2,(H2,28,29,32). The molecule has 1 aliphatic heterocycles. The molecule has 2 amide bonds. The minimum absolute atomic E-state index is 0.00838. The Labute approximate surface area is 215 Å². The van der Waals surface area contributed by atoms with E-state index in [1.807, 2.05) is 0 Å². The van der Waals surface area contributed by atoms with Crippen LogP contribution in [-0.4, -0.2) is 27.5 Å². The molecule has 0 aromatic heterocycles. The normalized spacial score (nSPS) is 14.2. The smallest absolute Gasteiger partial charge is 0.323 e. The van der Waals surface area contributed by atoms with E-state index in [2.05, 4.69) is 20.3 Å². The number of nitrogens with one attached hydrogen (secondary N) is 3. The predicted molar refractivity (Wildman–Crippen MR) is 143 cm³/mol. The number of carbonyl (C=O) groups excluding carboxylic acids is 1. The SMILES string of the molecule is O=C(Nc1cccc(Cl)c1)Nc1cc(S(=O)(=O)Nc2ccccc2Cl)ccc1N1CCCCCC1. The van der Waals surface area contributed by atoms with Crippen LogP contribution in [0.3, 0.4) is 0 Å². The van der Waals surface area contributed by atoms with Gasteiger partial charge in [0.1, 0.15) is 0 Å². The molecule has 0 spiro atoms. The third kappa shape index (κ3) is 6.60. The van der Waals surface area contributed by atoms with Crippen molar-refractivity contribution in [2.45, 2.75) is 30.6 Å². The fraction of sp³-hybridized carbons (Fsp3) is 0.240. The molecule has 0 atom stereocenters. The zero-order valence-electron chi connectivity index (χ0n) is 18.9. The average molecular weight is 533 g/mol. The van der Waals surface area contributed by atoms with Crippen LogP contribution < -0.4 is 20.3 Å². The molecule has 0 unspecified atom stereocenters. The molecular formula is C25H26Cl2N4O3S. The van der Waals surface area contributed by atoms with Gasteiger partial charge in [-0.15, -0.1) is 0 Å². The highest BCUT2D eigenvalue weighted by molar-refractivity contribution is 7.92. The third-order valence-electron chi connectivity index (χ3n) is 5.67. The minimum atomic E-state index is -3.96. The van der Waals surface area contributed by atoms with Crippen LogP contribution in [0, 0.1) is 0 Å². The van der Waals surface area contributed by atoms with Crippen molar-refractivity contribution in [1.29, 1.82) is 0 Å². The molecule has 1 aliphatic rings. The number of halogens is 2. The number of sulfonamides is 1. The molecule has 4 rings (SSSR count). The number of urea groups is 1. The Morgan fingerprint density at radius 1 is 0.800 bits per heavy atom. The van der Waals surface area contributed by atoms with Gasteiger partial charge in [0.05, 0.1) is 27.0 Å². The molecule has 0 aliphatic carbocycles. The Morgan fingerprint density at radius 3 is 2.26 bits per heavy atom. The highest BCUT2D eigenvalue weighted by Gasteiger charge is 2.21. The maximum Gasteiger partial charge on any atom is 0.323 e. The maximum atomic E-state index is 13.1. The topological polar surface area (TPSA) is 90.5 Å². The van der Waals surface area contributed by atoms with Crippen LogP contribution in [-0.2, 0) is 10.0 Å². The fourth-order valence-corrected chi connectivity index (χ4v) is 5.50. The lowest BCUT2D eigenvalue weighted by Crippen LogP contribution is -2.27. The summed E-state index contributed by atoms with van der Waals surface area (Å²) in [6.45, 7) is 1.66. The molecule has 10 heteroatoms.